The van der Waals surface area contributed by atoms with Crippen LogP contribution in [-0.4, -0.2) is 55.2 Å². The normalized spacial score (nSPS) is 38.5. The number of hydrogen-bond acceptors (Lipinski definition) is 2. The third-order valence-electron chi connectivity index (χ3n) is 5.13. The Bertz CT molecular complexity index is 251. The number of nitrogens with zero attached hydrogens (tertiary/aromatic N) is 2. The summed E-state index contributed by atoms with van der Waals surface area (Å²) in [7, 11) is 2.18. The predicted octanol–water partition coefficient (Wildman–Crippen LogP) is 2.54. The van der Waals surface area contributed by atoms with Crippen LogP contribution in [0.1, 0.15) is 39.5 Å². The number of likely N-dealkylation sites (tertiary alicyclic amines) is 2. The molecule has 0 aromatic rings. The Morgan fingerprint density at radius 1 is 1.24 bits per heavy atom. The van der Waals surface area contributed by atoms with Gasteiger partial charge in [-0.3, -0.25) is 4.90 Å². The lowest BCUT2D eigenvalue weighted by Gasteiger charge is -2.46. The van der Waals surface area contributed by atoms with Gasteiger partial charge in [0.1, 0.15) is 6.17 Å². The van der Waals surface area contributed by atoms with E-state index in [-0.39, 0.29) is 5.41 Å². The molecular formula is C14H27FN2. The average Bonchev–Trinajstić information content (AvgIpc) is 2.34. The Morgan fingerprint density at radius 2 is 1.88 bits per heavy atom. The monoisotopic (exact) mass is 242 g/mol. The topological polar surface area (TPSA) is 6.48 Å². The third-order valence-corrected chi connectivity index (χ3v) is 5.13. The Labute approximate surface area is 105 Å². The van der Waals surface area contributed by atoms with E-state index in [0.717, 1.165) is 19.4 Å². The van der Waals surface area contributed by atoms with Crippen molar-refractivity contribution in [3.8, 4) is 0 Å². The molecule has 0 bridgehead atoms. The van der Waals surface area contributed by atoms with Crippen LogP contribution >= 0.6 is 0 Å². The van der Waals surface area contributed by atoms with E-state index in [4.69, 9.17) is 0 Å². The molecular weight excluding hydrogens is 215 g/mol. The minimum atomic E-state index is -0.638. The third kappa shape index (κ3) is 2.82. The van der Waals surface area contributed by atoms with E-state index >= 15 is 0 Å². The van der Waals surface area contributed by atoms with Gasteiger partial charge >= 0.3 is 0 Å². The second kappa shape index (κ2) is 5.23. The van der Waals surface area contributed by atoms with Gasteiger partial charge in [0.2, 0.25) is 0 Å². The van der Waals surface area contributed by atoms with Crippen molar-refractivity contribution in [3.05, 3.63) is 0 Å². The molecule has 2 heterocycles. The van der Waals surface area contributed by atoms with Crippen LogP contribution in [0.4, 0.5) is 4.39 Å². The largest absolute Gasteiger partial charge is 0.306 e. The molecule has 0 aromatic heterocycles. The highest BCUT2D eigenvalue weighted by molar-refractivity contribution is 4.92. The maximum atomic E-state index is 14.3. The molecule has 2 aliphatic rings. The van der Waals surface area contributed by atoms with E-state index in [1.54, 1.807) is 0 Å². The molecule has 2 rings (SSSR count). The van der Waals surface area contributed by atoms with Crippen LogP contribution in [0.25, 0.3) is 0 Å². The van der Waals surface area contributed by atoms with Crippen molar-refractivity contribution in [3.63, 3.8) is 0 Å². The van der Waals surface area contributed by atoms with E-state index in [0.29, 0.717) is 12.6 Å². The van der Waals surface area contributed by atoms with E-state index in [2.05, 4.69) is 30.7 Å². The van der Waals surface area contributed by atoms with Crippen molar-refractivity contribution in [2.24, 2.45) is 5.41 Å². The highest BCUT2D eigenvalue weighted by Gasteiger charge is 2.40. The van der Waals surface area contributed by atoms with Gasteiger partial charge in [0.25, 0.3) is 0 Å². The van der Waals surface area contributed by atoms with Gasteiger partial charge in [0.15, 0.2) is 0 Å². The lowest BCUT2D eigenvalue weighted by atomic mass is 9.76. The summed E-state index contributed by atoms with van der Waals surface area (Å²) in [6.07, 6.45) is 3.78. The van der Waals surface area contributed by atoms with Gasteiger partial charge in [0.05, 0.1) is 0 Å². The van der Waals surface area contributed by atoms with E-state index in [1.807, 2.05) is 0 Å². The zero-order valence-electron chi connectivity index (χ0n) is 11.6. The second-order valence-electron chi connectivity index (χ2n) is 6.25. The van der Waals surface area contributed by atoms with E-state index in [1.165, 1.54) is 25.9 Å². The van der Waals surface area contributed by atoms with Gasteiger partial charge in [-0.25, -0.2) is 4.39 Å². The Kier molecular flexibility index (Phi) is 4.09. The van der Waals surface area contributed by atoms with Gasteiger partial charge in [-0.05, 0) is 52.4 Å². The molecule has 0 aromatic carbocycles. The first kappa shape index (κ1) is 13.3. The van der Waals surface area contributed by atoms with E-state index in [9.17, 15) is 4.39 Å². The molecule has 100 valence electrons. The van der Waals surface area contributed by atoms with Crippen molar-refractivity contribution in [2.45, 2.75) is 51.7 Å². The lowest BCUT2D eigenvalue weighted by Crippen LogP contribution is -2.53. The maximum absolute atomic E-state index is 14.3. The zero-order valence-corrected chi connectivity index (χ0v) is 11.6. The smallest absolute Gasteiger partial charge is 0.118 e. The summed E-state index contributed by atoms with van der Waals surface area (Å²) < 4.78 is 14.3. The highest BCUT2D eigenvalue weighted by Crippen LogP contribution is 2.37. The van der Waals surface area contributed by atoms with Gasteiger partial charge in [-0.1, -0.05) is 13.8 Å². The van der Waals surface area contributed by atoms with Crippen molar-refractivity contribution in [2.75, 3.05) is 33.2 Å². The second-order valence-corrected chi connectivity index (χ2v) is 6.25. The standard InChI is InChI=1S/C14H27FN2/c1-4-14(2)7-10-17(11-13(14)15)12-5-8-16(3)9-6-12/h12-13H,4-11H2,1-3H3/t13-,14?/m0/s1. The predicted molar refractivity (Wildman–Crippen MR) is 70.0 cm³/mol. The van der Waals surface area contributed by atoms with Crippen molar-refractivity contribution in [1.82, 2.24) is 9.80 Å². The molecule has 2 saturated heterocycles. The molecule has 0 amide bonds. The van der Waals surface area contributed by atoms with Crippen molar-refractivity contribution < 1.29 is 4.39 Å². The van der Waals surface area contributed by atoms with Crippen LogP contribution in [0.5, 0.6) is 0 Å². The van der Waals surface area contributed by atoms with Gasteiger partial charge in [0, 0.05) is 18.0 Å². The summed E-state index contributed by atoms with van der Waals surface area (Å²) in [6.45, 7) is 8.34. The summed E-state index contributed by atoms with van der Waals surface area (Å²) in [5.41, 5.74) is -0.0675. The van der Waals surface area contributed by atoms with Crippen LogP contribution in [0.15, 0.2) is 0 Å². The first-order valence-corrected chi connectivity index (χ1v) is 7.12. The average molecular weight is 242 g/mol. The summed E-state index contributed by atoms with van der Waals surface area (Å²) >= 11 is 0. The zero-order chi connectivity index (χ0) is 12.5. The number of halogens is 1. The maximum Gasteiger partial charge on any atom is 0.118 e. The van der Waals surface area contributed by atoms with Crippen LogP contribution in [0.3, 0.4) is 0 Å². The molecule has 2 fully saturated rings. The Morgan fingerprint density at radius 3 is 2.41 bits per heavy atom. The molecule has 0 N–H and O–H groups in total. The molecule has 2 nitrogen and oxygen atoms in total. The van der Waals surface area contributed by atoms with Gasteiger partial charge in [-0.15, -0.1) is 0 Å². The van der Waals surface area contributed by atoms with Crippen molar-refractivity contribution >= 4 is 0 Å². The first-order valence-electron chi connectivity index (χ1n) is 7.12. The van der Waals surface area contributed by atoms with Crippen LogP contribution in [0.2, 0.25) is 0 Å². The molecule has 0 spiro atoms. The number of piperidine rings is 2. The first-order chi connectivity index (χ1) is 8.05. The van der Waals surface area contributed by atoms with Gasteiger partial charge in [-0.2, -0.15) is 0 Å². The Hall–Kier alpha value is -0.150. The fourth-order valence-electron chi connectivity index (χ4n) is 3.16. The summed E-state index contributed by atoms with van der Waals surface area (Å²) in [5.74, 6) is 0. The fraction of sp³-hybridized carbons (Fsp3) is 1.00. The molecule has 0 aliphatic carbocycles. The minimum absolute atomic E-state index is 0.0675. The lowest BCUT2D eigenvalue weighted by molar-refractivity contribution is -0.0135. The minimum Gasteiger partial charge on any atom is -0.306 e. The summed E-state index contributed by atoms with van der Waals surface area (Å²) in [4.78, 5) is 4.79. The van der Waals surface area contributed by atoms with Crippen LogP contribution < -0.4 is 0 Å². The number of hydrogen-bond donors (Lipinski definition) is 0. The molecule has 2 atom stereocenters. The SMILES string of the molecule is CCC1(C)CCN(C2CCN(C)CC2)C[C@@H]1F. The highest BCUT2D eigenvalue weighted by atomic mass is 19.1. The van der Waals surface area contributed by atoms with Crippen LogP contribution in [0, 0.1) is 5.41 Å². The van der Waals surface area contributed by atoms with Gasteiger partial charge < -0.3 is 4.90 Å². The molecule has 3 heteroatoms. The fourth-order valence-corrected chi connectivity index (χ4v) is 3.16. The number of alkyl halides is 1. The quantitative estimate of drug-likeness (QED) is 0.734. The molecule has 0 saturated carbocycles. The number of rotatable bonds is 2. The van der Waals surface area contributed by atoms with Crippen molar-refractivity contribution in [1.29, 1.82) is 0 Å². The Balaban J connectivity index is 1.89. The summed E-state index contributed by atoms with van der Waals surface area (Å²) in [5, 5.41) is 0. The molecule has 2 aliphatic heterocycles. The molecule has 17 heavy (non-hydrogen) atoms. The van der Waals surface area contributed by atoms with E-state index < -0.39 is 6.17 Å². The molecule has 1 unspecified atom stereocenters. The van der Waals surface area contributed by atoms with Crippen LogP contribution in [-0.2, 0) is 0 Å². The molecule has 0 radical (unpaired) electrons. The summed E-state index contributed by atoms with van der Waals surface area (Å²) in [6, 6.07) is 0.630.